The molecule has 0 amide bonds. The van der Waals surface area contributed by atoms with Gasteiger partial charge in [-0.2, -0.15) is 0 Å². The maximum absolute atomic E-state index is 3.95. The molecule has 1 N–H and O–H groups in total. The molecule has 1 aliphatic rings. The zero-order chi connectivity index (χ0) is 8.27. The van der Waals surface area contributed by atoms with Crippen LogP contribution in [0.1, 0.15) is 0 Å². The molecular formula is C8H15N3. The molecular weight excluding hydrogens is 138 g/mol. The van der Waals surface area contributed by atoms with Crippen molar-refractivity contribution in [2.45, 2.75) is 0 Å². The van der Waals surface area contributed by atoms with Gasteiger partial charge in [-0.25, -0.2) is 0 Å². The van der Waals surface area contributed by atoms with Gasteiger partial charge < -0.3 is 15.1 Å². The van der Waals surface area contributed by atoms with E-state index in [-0.39, 0.29) is 0 Å². The first-order valence-electron chi connectivity index (χ1n) is 3.75. The van der Waals surface area contributed by atoms with Gasteiger partial charge in [0.25, 0.3) is 0 Å². The lowest BCUT2D eigenvalue weighted by atomic mass is 10.4. The van der Waals surface area contributed by atoms with E-state index in [1.807, 2.05) is 31.4 Å². The van der Waals surface area contributed by atoms with Crippen LogP contribution in [0.2, 0.25) is 0 Å². The van der Waals surface area contributed by atoms with Gasteiger partial charge in [0.2, 0.25) is 0 Å². The van der Waals surface area contributed by atoms with Crippen LogP contribution in [0.25, 0.3) is 0 Å². The molecule has 62 valence electrons. The van der Waals surface area contributed by atoms with Crippen LogP contribution in [-0.4, -0.2) is 37.0 Å². The minimum atomic E-state index is 0.972. The van der Waals surface area contributed by atoms with Crippen molar-refractivity contribution in [3.8, 4) is 0 Å². The highest BCUT2D eigenvalue weighted by Gasteiger charge is 2.05. The van der Waals surface area contributed by atoms with Crippen molar-refractivity contribution in [3.63, 3.8) is 0 Å². The second-order valence-electron chi connectivity index (χ2n) is 2.72. The van der Waals surface area contributed by atoms with Gasteiger partial charge in [-0.15, -0.1) is 0 Å². The van der Waals surface area contributed by atoms with Crippen LogP contribution in [0.3, 0.4) is 0 Å². The summed E-state index contributed by atoms with van der Waals surface area (Å²) in [6.45, 7) is 5.92. The van der Waals surface area contributed by atoms with E-state index in [1.165, 1.54) is 0 Å². The third-order valence-electron chi connectivity index (χ3n) is 1.86. The number of nitrogens with one attached hydrogen (secondary N) is 1. The molecule has 0 radical (unpaired) electrons. The van der Waals surface area contributed by atoms with Crippen LogP contribution in [0.4, 0.5) is 0 Å². The maximum Gasteiger partial charge on any atom is 0.100 e. The van der Waals surface area contributed by atoms with Gasteiger partial charge in [0.1, 0.15) is 5.82 Å². The van der Waals surface area contributed by atoms with Crippen molar-refractivity contribution in [1.29, 1.82) is 0 Å². The van der Waals surface area contributed by atoms with E-state index in [9.17, 15) is 0 Å². The van der Waals surface area contributed by atoms with Crippen molar-refractivity contribution in [2.75, 3.05) is 27.2 Å². The second-order valence-corrected chi connectivity index (χ2v) is 2.72. The third-order valence-corrected chi connectivity index (χ3v) is 1.86. The quantitative estimate of drug-likeness (QED) is 0.543. The van der Waals surface area contributed by atoms with Crippen molar-refractivity contribution in [2.24, 2.45) is 0 Å². The van der Waals surface area contributed by atoms with Crippen LogP contribution in [0.15, 0.2) is 24.8 Å². The summed E-state index contributed by atoms with van der Waals surface area (Å²) in [7, 11) is 4.03. The fourth-order valence-corrected chi connectivity index (χ4v) is 0.964. The Labute approximate surface area is 68.0 Å². The van der Waals surface area contributed by atoms with Gasteiger partial charge in [-0.3, -0.25) is 0 Å². The number of nitrogens with zero attached hydrogens (tertiary/aromatic N) is 2. The zero-order valence-corrected chi connectivity index (χ0v) is 7.17. The number of hydrogen-bond acceptors (Lipinski definition) is 3. The van der Waals surface area contributed by atoms with E-state index in [0.717, 1.165) is 18.9 Å². The molecule has 0 aromatic heterocycles. The van der Waals surface area contributed by atoms with Crippen molar-refractivity contribution in [1.82, 2.24) is 15.1 Å². The third kappa shape index (κ3) is 1.90. The van der Waals surface area contributed by atoms with Crippen LogP contribution < -0.4 is 5.32 Å². The first-order valence-corrected chi connectivity index (χ1v) is 3.75. The van der Waals surface area contributed by atoms with Crippen molar-refractivity contribution >= 4 is 0 Å². The highest BCUT2D eigenvalue weighted by molar-refractivity contribution is 4.99. The average Bonchev–Trinajstić information content (AvgIpc) is 2.00. The molecule has 0 spiro atoms. The molecule has 0 bridgehead atoms. The smallest absolute Gasteiger partial charge is 0.100 e. The Morgan fingerprint density at radius 3 is 3.00 bits per heavy atom. The Bertz CT molecular complexity index is 174. The molecule has 1 rings (SSSR count). The summed E-state index contributed by atoms with van der Waals surface area (Å²) < 4.78 is 0. The zero-order valence-electron chi connectivity index (χ0n) is 7.17. The molecule has 11 heavy (non-hydrogen) atoms. The van der Waals surface area contributed by atoms with E-state index in [1.54, 1.807) is 0 Å². The molecule has 0 aromatic carbocycles. The molecule has 1 heterocycles. The molecule has 0 saturated heterocycles. The standard InChI is InChI=1S/C8H15N3/c1-8-10(2)6-4-9-5-7-11(8)3/h4,6,9H,1,5,7H2,2-3H3/b6-4-. The second kappa shape index (κ2) is 3.32. The van der Waals surface area contributed by atoms with Crippen LogP contribution in [-0.2, 0) is 0 Å². The molecule has 3 nitrogen and oxygen atoms in total. The minimum absolute atomic E-state index is 0.972. The highest BCUT2D eigenvalue weighted by Crippen LogP contribution is 2.04. The van der Waals surface area contributed by atoms with Crippen molar-refractivity contribution < 1.29 is 0 Å². The number of likely N-dealkylation sites (N-methyl/N-ethyl adjacent to an activating group) is 1. The van der Waals surface area contributed by atoms with E-state index in [0.29, 0.717) is 0 Å². The van der Waals surface area contributed by atoms with Crippen LogP contribution in [0.5, 0.6) is 0 Å². The normalized spacial score (nSPS) is 22.2. The summed E-state index contributed by atoms with van der Waals surface area (Å²) in [6, 6.07) is 0. The summed E-state index contributed by atoms with van der Waals surface area (Å²) >= 11 is 0. The van der Waals surface area contributed by atoms with E-state index in [2.05, 4.69) is 16.8 Å². The van der Waals surface area contributed by atoms with E-state index >= 15 is 0 Å². The molecule has 0 aromatic rings. The first-order chi connectivity index (χ1) is 5.22. The molecule has 0 saturated carbocycles. The summed E-state index contributed by atoms with van der Waals surface area (Å²) in [5, 5.41) is 3.16. The Morgan fingerprint density at radius 1 is 1.55 bits per heavy atom. The van der Waals surface area contributed by atoms with Crippen LogP contribution >= 0.6 is 0 Å². The van der Waals surface area contributed by atoms with Gasteiger partial charge in [-0.1, -0.05) is 6.58 Å². The van der Waals surface area contributed by atoms with Crippen LogP contribution in [0, 0.1) is 0 Å². The van der Waals surface area contributed by atoms with Gasteiger partial charge in [0.05, 0.1) is 0 Å². The van der Waals surface area contributed by atoms with Gasteiger partial charge in [-0.05, 0) is 0 Å². The summed E-state index contributed by atoms with van der Waals surface area (Å²) in [5.41, 5.74) is 0. The minimum Gasteiger partial charge on any atom is -0.388 e. The lowest BCUT2D eigenvalue weighted by molar-refractivity contribution is 0.313. The van der Waals surface area contributed by atoms with Crippen molar-refractivity contribution in [3.05, 3.63) is 24.8 Å². The SMILES string of the molecule is C=C1N(C)/C=C\NCCN1C. The lowest BCUT2D eigenvalue weighted by Gasteiger charge is -2.29. The highest BCUT2D eigenvalue weighted by atomic mass is 15.3. The summed E-state index contributed by atoms with van der Waals surface area (Å²) in [6.07, 6.45) is 3.91. The summed E-state index contributed by atoms with van der Waals surface area (Å²) in [4.78, 5) is 4.11. The number of hydrogen-bond donors (Lipinski definition) is 1. The fraction of sp³-hybridized carbons (Fsp3) is 0.500. The molecule has 3 heteroatoms. The van der Waals surface area contributed by atoms with E-state index < -0.39 is 0 Å². The lowest BCUT2D eigenvalue weighted by Crippen LogP contribution is -2.34. The van der Waals surface area contributed by atoms with Gasteiger partial charge in [0, 0.05) is 39.6 Å². The number of rotatable bonds is 0. The molecule has 0 fully saturated rings. The fourth-order valence-electron chi connectivity index (χ4n) is 0.964. The summed E-state index contributed by atoms with van der Waals surface area (Å²) in [5.74, 6) is 1.03. The average molecular weight is 153 g/mol. The Balaban J connectivity index is 2.64. The Kier molecular flexibility index (Phi) is 2.41. The first kappa shape index (κ1) is 7.98. The predicted molar refractivity (Wildman–Crippen MR) is 46.7 cm³/mol. The topological polar surface area (TPSA) is 18.5 Å². The predicted octanol–water partition coefficient (Wildman–Crippen LogP) is 0.396. The Morgan fingerprint density at radius 2 is 2.27 bits per heavy atom. The van der Waals surface area contributed by atoms with Gasteiger partial charge >= 0.3 is 0 Å². The maximum atomic E-state index is 3.95. The monoisotopic (exact) mass is 153 g/mol. The molecule has 1 aliphatic heterocycles. The molecule has 0 aliphatic carbocycles. The van der Waals surface area contributed by atoms with E-state index in [4.69, 9.17) is 0 Å². The molecule has 0 unspecified atom stereocenters. The Hall–Kier alpha value is -1.12. The van der Waals surface area contributed by atoms with Gasteiger partial charge in [0.15, 0.2) is 0 Å². The largest absolute Gasteiger partial charge is 0.388 e. The molecule has 0 atom stereocenters.